The first-order valence-electron chi connectivity index (χ1n) is 16.1. The zero-order valence-corrected chi connectivity index (χ0v) is 25.7. The molecule has 4 bridgehead atoms. The molecule has 4 aromatic rings. The van der Waals surface area contributed by atoms with Crippen LogP contribution in [-0.2, 0) is 4.79 Å². The van der Waals surface area contributed by atoms with Gasteiger partial charge in [0.2, 0.25) is 5.91 Å². The van der Waals surface area contributed by atoms with E-state index in [2.05, 4.69) is 25.9 Å². The van der Waals surface area contributed by atoms with Gasteiger partial charge in [0.1, 0.15) is 5.82 Å². The second-order valence-corrected chi connectivity index (χ2v) is 13.6. The molecule has 242 valence electrons. The Labute approximate surface area is 270 Å². The molecule has 1 heterocycles. The summed E-state index contributed by atoms with van der Waals surface area (Å²) in [5.74, 6) is -2.43. The fraction of sp³-hybridized carbons (Fsp3) is 0.361. The number of aromatic carboxylic acids is 1. The topological polar surface area (TPSA) is 153 Å². The Hall–Kier alpha value is -5.06. The zero-order valence-electron chi connectivity index (χ0n) is 25.7. The zero-order chi connectivity index (χ0) is 32.7. The molecule has 3 amide bonds. The summed E-state index contributed by atoms with van der Waals surface area (Å²) >= 11 is 0. The van der Waals surface area contributed by atoms with Crippen molar-refractivity contribution < 1.29 is 28.7 Å². The molecular formula is C36H36FN5O5. The van der Waals surface area contributed by atoms with Crippen molar-refractivity contribution in [2.24, 2.45) is 23.2 Å². The molecule has 4 aliphatic rings. The maximum Gasteiger partial charge on any atom is 0.338 e. The average molecular weight is 638 g/mol. The van der Waals surface area contributed by atoms with Crippen molar-refractivity contribution in [1.29, 1.82) is 0 Å². The first-order valence-corrected chi connectivity index (χ1v) is 16.1. The van der Waals surface area contributed by atoms with Crippen molar-refractivity contribution in [3.63, 3.8) is 0 Å². The third-order valence-electron chi connectivity index (χ3n) is 10.3. The molecule has 1 unspecified atom stereocenters. The highest BCUT2D eigenvalue weighted by Gasteiger charge is 2.50. The minimum atomic E-state index is -1.46. The minimum absolute atomic E-state index is 0.100. The number of halogens is 1. The lowest BCUT2D eigenvalue weighted by Gasteiger charge is -2.56. The number of carboxylic acid groups (broad SMARTS) is 1. The van der Waals surface area contributed by atoms with Crippen LogP contribution in [0.1, 0.15) is 81.1 Å². The number of carbonyl (C=O) groups excluding carboxylic acids is 3. The van der Waals surface area contributed by atoms with Crippen LogP contribution >= 0.6 is 0 Å². The number of rotatable bonds is 10. The van der Waals surface area contributed by atoms with Crippen LogP contribution in [0.2, 0.25) is 0 Å². The lowest BCUT2D eigenvalue weighted by molar-refractivity contribution is -0.117. The normalized spacial score (nSPS) is 23.3. The number of H-pyrrole nitrogens is 1. The van der Waals surface area contributed by atoms with Crippen LogP contribution in [0.4, 0.5) is 10.1 Å². The number of fused-ring (bicyclic) bond motifs is 1. The molecule has 10 nitrogen and oxygen atoms in total. The smallest absolute Gasteiger partial charge is 0.338 e. The largest absolute Gasteiger partial charge is 0.478 e. The number of carboxylic acids is 1. The molecule has 3 aromatic carbocycles. The van der Waals surface area contributed by atoms with Gasteiger partial charge in [-0.1, -0.05) is 30.3 Å². The molecule has 0 radical (unpaired) electrons. The number of benzene rings is 3. The summed E-state index contributed by atoms with van der Waals surface area (Å²) in [5, 5.41) is 18.0. The predicted octanol–water partition coefficient (Wildman–Crippen LogP) is 5.50. The molecule has 4 saturated carbocycles. The Morgan fingerprint density at radius 3 is 2.21 bits per heavy atom. The quantitative estimate of drug-likeness (QED) is 0.155. The van der Waals surface area contributed by atoms with Gasteiger partial charge in [0, 0.05) is 18.8 Å². The van der Waals surface area contributed by atoms with E-state index < -0.39 is 35.1 Å². The van der Waals surface area contributed by atoms with Crippen LogP contribution in [0.3, 0.4) is 0 Å². The van der Waals surface area contributed by atoms with E-state index in [-0.39, 0.29) is 34.7 Å². The van der Waals surface area contributed by atoms with Gasteiger partial charge in [-0.2, -0.15) is 0 Å². The van der Waals surface area contributed by atoms with E-state index in [0.717, 1.165) is 49.1 Å². The highest BCUT2D eigenvalue weighted by atomic mass is 19.1. The van der Waals surface area contributed by atoms with E-state index in [0.29, 0.717) is 23.1 Å². The number of carbonyl (C=O) groups is 4. The number of amides is 3. The lowest BCUT2D eigenvalue weighted by atomic mass is 9.49. The van der Waals surface area contributed by atoms with Gasteiger partial charge in [0.15, 0.2) is 0 Å². The Bertz CT molecular complexity index is 1840. The van der Waals surface area contributed by atoms with Crippen LogP contribution in [0, 0.1) is 29.0 Å². The van der Waals surface area contributed by atoms with Crippen molar-refractivity contribution in [1.82, 2.24) is 20.6 Å². The summed E-state index contributed by atoms with van der Waals surface area (Å²) in [7, 11) is 0. The van der Waals surface area contributed by atoms with Crippen molar-refractivity contribution in [2.45, 2.75) is 44.4 Å². The SMILES string of the molecule is O=C(O)c1cc(NC(=O)C(CNC(=O)c2cc3nc[nH]c3cc2C(=O)NCC23CC4CC(CC(C4)C2)C3)c2ccccc2)ccc1F. The average Bonchev–Trinajstić information content (AvgIpc) is 3.51. The predicted molar refractivity (Wildman–Crippen MR) is 173 cm³/mol. The molecular weight excluding hydrogens is 601 g/mol. The summed E-state index contributed by atoms with van der Waals surface area (Å²) in [6.45, 7) is 0.454. The first-order chi connectivity index (χ1) is 22.7. The summed E-state index contributed by atoms with van der Waals surface area (Å²) in [5.41, 5.74) is 1.76. The molecule has 0 aliphatic heterocycles. The lowest BCUT2D eigenvalue weighted by Crippen LogP contribution is -2.51. The molecule has 0 spiro atoms. The van der Waals surface area contributed by atoms with E-state index in [1.807, 2.05) is 0 Å². The molecule has 8 rings (SSSR count). The standard InChI is InChI=1S/C36H36FN5O5/c37-29-7-6-24(11-27(29)35(46)47)42-34(45)28(23-4-2-1-3-5-23)17-38-32(43)25-12-30-31(41-19-40-30)13-26(25)33(44)39-18-36-14-20-8-21(15-36)10-22(9-20)16-36/h1-7,11-13,19-22,28H,8-10,14-18H2,(H,38,43)(H,39,44)(H,40,41)(H,42,45)(H,46,47). The van der Waals surface area contributed by atoms with Gasteiger partial charge in [-0.3, -0.25) is 14.4 Å². The van der Waals surface area contributed by atoms with Gasteiger partial charge in [-0.25, -0.2) is 14.2 Å². The van der Waals surface area contributed by atoms with Crippen LogP contribution in [-0.4, -0.2) is 51.9 Å². The van der Waals surface area contributed by atoms with E-state index in [1.165, 1.54) is 31.7 Å². The van der Waals surface area contributed by atoms with Crippen molar-refractivity contribution >= 4 is 40.4 Å². The number of hydrogen-bond acceptors (Lipinski definition) is 5. The number of hydrogen-bond donors (Lipinski definition) is 5. The summed E-state index contributed by atoms with van der Waals surface area (Å²) in [6, 6.07) is 15.3. The fourth-order valence-electron chi connectivity index (χ4n) is 8.56. The number of aromatic amines is 1. The Kier molecular flexibility index (Phi) is 7.99. The van der Waals surface area contributed by atoms with Crippen LogP contribution in [0.15, 0.2) is 67.0 Å². The van der Waals surface area contributed by atoms with Crippen LogP contribution < -0.4 is 16.0 Å². The maximum absolute atomic E-state index is 14.0. The molecule has 4 fully saturated rings. The second kappa shape index (κ2) is 12.3. The summed E-state index contributed by atoms with van der Waals surface area (Å²) < 4.78 is 14.0. The monoisotopic (exact) mass is 637 g/mol. The number of imidazole rings is 1. The second-order valence-electron chi connectivity index (χ2n) is 13.6. The highest BCUT2D eigenvalue weighted by Crippen LogP contribution is 2.59. The third-order valence-corrected chi connectivity index (χ3v) is 10.3. The van der Waals surface area contributed by atoms with Crippen molar-refractivity contribution in [3.8, 4) is 0 Å². The number of nitrogens with one attached hydrogen (secondary N) is 4. The summed E-state index contributed by atoms with van der Waals surface area (Å²) in [6.07, 6.45) is 8.86. The molecule has 1 atom stereocenters. The van der Waals surface area contributed by atoms with Gasteiger partial charge in [0.05, 0.1) is 40.0 Å². The van der Waals surface area contributed by atoms with Gasteiger partial charge in [-0.05, 0) is 97.6 Å². The van der Waals surface area contributed by atoms with E-state index in [9.17, 15) is 28.7 Å². The van der Waals surface area contributed by atoms with Crippen molar-refractivity contribution in [3.05, 3.63) is 95.1 Å². The molecule has 5 N–H and O–H groups in total. The third kappa shape index (κ3) is 6.22. The van der Waals surface area contributed by atoms with Crippen molar-refractivity contribution in [2.75, 3.05) is 18.4 Å². The molecule has 47 heavy (non-hydrogen) atoms. The maximum atomic E-state index is 14.0. The van der Waals surface area contributed by atoms with E-state index in [4.69, 9.17) is 0 Å². The van der Waals surface area contributed by atoms with Crippen LogP contribution in [0.25, 0.3) is 11.0 Å². The Morgan fingerprint density at radius 1 is 0.872 bits per heavy atom. The minimum Gasteiger partial charge on any atom is -0.478 e. The molecule has 4 aliphatic carbocycles. The summed E-state index contributed by atoms with van der Waals surface area (Å²) in [4.78, 5) is 59.7. The molecule has 11 heteroatoms. The number of nitrogens with zero attached hydrogens (tertiary/aromatic N) is 1. The van der Waals surface area contributed by atoms with E-state index in [1.54, 1.807) is 42.5 Å². The fourth-order valence-corrected chi connectivity index (χ4v) is 8.56. The molecule has 0 saturated heterocycles. The first kappa shape index (κ1) is 30.6. The highest BCUT2D eigenvalue weighted by molar-refractivity contribution is 6.10. The van der Waals surface area contributed by atoms with Gasteiger partial charge >= 0.3 is 5.97 Å². The number of aromatic nitrogens is 2. The van der Waals surface area contributed by atoms with Gasteiger partial charge in [-0.15, -0.1) is 0 Å². The molecule has 1 aromatic heterocycles. The van der Waals surface area contributed by atoms with Gasteiger partial charge in [0.25, 0.3) is 11.8 Å². The number of anilines is 1. The Balaban J connectivity index is 1.10. The Morgan fingerprint density at radius 2 is 1.53 bits per heavy atom. The van der Waals surface area contributed by atoms with Gasteiger partial charge < -0.3 is 26.0 Å². The van der Waals surface area contributed by atoms with E-state index >= 15 is 0 Å². The van der Waals surface area contributed by atoms with Crippen LogP contribution in [0.5, 0.6) is 0 Å².